The third kappa shape index (κ3) is 3.47. The quantitative estimate of drug-likeness (QED) is 0.601. The summed E-state index contributed by atoms with van der Waals surface area (Å²) in [6, 6.07) is 6.43. The lowest BCUT2D eigenvalue weighted by molar-refractivity contribution is -0.106. The van der Waals surface area contributed by atoms with E-state index in [0.29, 0.717) is 18.1 Å². The highest BCUT2D eigenvalue weighted by molar-refractivity contribution is 5.80. The maximum atomic E-state index is 5.87. The first-order chi connectivity index (χ1) is 12.5. The van der Waals surface area contributed by atoms with Gasteiger partial charge in [-0.05, 0) is 30.5 Å². The topological polar surface area (TPSA) is 64.1 Å². The maximum Gasteiger partial charge on any atom is 0.191 e. The van der Waals surface area contributed by atoms with Crippen molar-refractivity contribution in [3.8, 4) is 11.5 Å². The molecule has 3 rings (SSSR count). The van der Waals surface area contributed by atoms with Gasteiger partial charge in [-0.3, -0.25) is 4.99 Å². The number of nitrogens with zero attached hydrogens (tertiary/aromatic N) is 1. The summed E-state index contributed by atoms with van der Waals surface area (Å²) in [5.74, 6) is 2.96. The first-order valence-corrected chi connectivity index (χ1v) is 9.31. The number of methoxy groups -OCH3 is 2. The Morgan fingerprint density at radius 2 is 2.04 bits per heavy atom. The average molecular weight is 361 g/mol. The second-order valence-electron chi connectivity index (χ2n) is 7.63. The van der Waals surface area contributed by atoms with Crippen LogP contribution < -0.4 is 20.1 Å². The van der Waals surface area contributed by atoms with Gasteiger partial charge in [0.05, 0.1) is 20.3 Å². The predicted octanol–water partition coefficient (Wildman–Crippen LogP) is 2.22. The number of hydrogen-bond donors (Lipinski definition) is 2. The standard InChI is InChI=1S/C20H31N3O3/c1-20(2)17(14-9-11-26-18(14)20)23-19(21-3)22-10-8-13-6-7-15(24-4)16(12-13)25-5/h6-7,12,14,17-18H,8-11H2,1-5H3,(H2,21,22,23). The van der Waals surface area contributed by atoms with E-state index in [-0.39, 0.29) is 5.41 Å². The van der Waals surface area contributed by atoms with E-state index in [9.17, 15) is 0 Å². The lowest BCUT2D eigenvalue weighted by Gasteiger charge is -2.54. The fraction of sp³-hybridized carbons (Fsp3) is 0.650. The summed E-state index contributed by atoms with van der Waals surface area (Å²) in [6.45, 7) is 6.22. The van der Waals surface area contributed by atoms with Gasteiger partial charge < -0.3 is 24.8 Å². The minimum Gasteiger partial charge on any atom is -0.493 e. The predicted molar refractivity (Wildman–Crippen MR) is 103 cm³/mol. The fourth-order valence-electron chi connectivity index (χ4n) is 4.32. The summed E-state index contributed by atoms with van der Waals surface area (Å²) in [5, 5.41) is 7.03. The first kappa shape index (κ1) is 18.8. The molecular weight excluding hydrogens is 330 g/mol. The minimum atomic E-state index is 0.141. The SMILES string of the molecule is CN=C(NCCc1ccc(OC)c(OC)c1)NC1C2CCOC2C1(C)C. The van der Waals surface area contributed by atoms with Crippen LogP contribution in [0.1, 0.15) is 25.8 Å². The molecule has 0 radical (unpaired) electrons. The molecule has 6 nitrogen and oxygen atoms in total. The molecule has 2 fully saturated rings. The molecule has 1 saturated heterocycles. The molecule has 0 amide bonds. The Hall–Kier alpha value is -1.95. The van der Waals surface area contributed by atoms with Gasteiger partial charge in [-0.25, -0.2) is 0 Å². The van der Waals surface area contributed by atoms with Gasteiger partial charge in [0, 0.05) is 37.6 Å². The molecule has 0 bridgehead atoms. The smallest absolute Gasteiger partial charge is 0.191 e. The Bertz CT molecular complexity index is 660. The molecule has 1 aliphatic carbocycles. The molecule has 2 aliphatic rings. The van der Waals surface area contributed by atoms with Crippen LogP contribution in [0.4, 0.5) is 0 Å². The monoisotopic (exact) mass is 361 g/mol. The molecule has 3 unspecified atom stereocenters. The van der Waals surface area contributed by atoms with Crippen LogP contribution in [0.2, 0.25) is 0 Å². The molecular formula is C20H31N3O3. The Labute approximate surface area is 156 Å². The molecule has 3 atom stereocenters. The van der Waals surface area contributed by atoms with Gasteiger partial charge in [-0.2, -0.15) is 0 Å². The molecule has 144 valence electrons. The number of hydrogen-bond acceptors (Lipinski definition) is 4. The highest BCUT2D eigenvalue weighted by Gasteiger charge is 2.59. The van der Waals surface area contributed by atoms with Crippen molar-refractivity contribution in [3.63, 3.8) is 0 Å². The Kier molecular flexibility index (Phi) is 5.61. The van der Waals surface area contributed by atoms with Gasteiger partial charge in [0.2, 0.25) is 0 Å². The van der Waals surface area contributed by atoms with E-state index in [1.54, 1.807) is 14.2 Å². The van der Waals surface area contributed by atoms with E-state index in [0.717, 1.165) is 43.5 Å². The molecule has 1 saturated carbocycles. The summed E-state index contributed by atoms with van der Waals surface area (Å²) in [6.07, 6.45) is 2.39. The fourth-order valence-corrected chi connectivity index (χ4v) is 4.32. The Morgan fingerprint density at radius 3 is 2.73 bits per heavy atom. The Balaban J connectivity index is 1.52. The molecule has 6 heteroatoms. The molecule has 0 aromatic heterocycles. The van der Waals surface area contributed by atoms with Crippen LogP contribution in [0.5, 0.6) is 11.5 Å². The first-order valence-electron chi connectivity index (χ1n) is 9.31. The largest absolute Gasteiger partial charge is 0.493 e. The Morgan fingerprint density at radius 1 is 1.27 bits per heavy atom. The number of benzene rings is 1. The van der Waals surface area contributed by atoms with Crippen molar-refractivity contribution in [1.29, 1.82) is 0 Å². The highest BCUT2D eigenvalue weighted by Crippen LogP contribution is 2.52. The third-order valence-electron chi connectivity index (χ3n) is 5.77. The second-order valence-corrected chi connectivity index (χ2v) is 7.63. The van der Waals surface area contributed by atoms with E-state index < -0.39 is 0 Å². The van der Waals surface area contributed by atoms with Crippen LogP contribution in [0.25, 0.3) is 0 Å². The van der Waals surface area contributed by atoms with Gasteiger partial charge in [-0.1, -0.05) is 19.9 Å². The van der Waals surface area contributed by atoms with E-state index in [4.69, 9.17) is 14.2 Å². The summed E-state index contributed by atoms with van der Waals surface area (Å²) < 4.78 is 16.5. The van der Waals surface area contributed by atoms with Crippen LogP contribution >= 0.6 is 0 Å². The molecule has 1 aromatic carbocycles. The van der Waals surface area contributed by atoms with E-state index in [1.807, 2.05) is 19.2 Å². The number of ether oxygens (including phenoxy) is 3. The van der Waals surface area contributed by atoms with Crippen LogP contribution in [0, 0.1) is 11.3 Å². The van der Waals surface area contributed by atoms with Crippen molar-refractivity contribution in [1.82, 2.24) is 10.6 Å². The van der Waals surface area contributed by atoms with Gasteiger partial charge >= 0.3 is 0 Å². The molecule has 26 heavy (non-hydrogen) atoms. The van der Waals surface area contributed by atoms with E-state index in [2.05, 4.69) is 35.5 Å². The number of rotatable bonds is 6. The summed E-state index contributed by atoms with van der Waals surface area (Å²) in [5.41, 5.74) is 1.33. The van der Waals surface area contributed by atoms with E-state index in [1.165, 1.54) is 5.56 Å². The summed E-state index contributed by atoms with van der Waals surface area (Å²) in [7, 11) is 5.13. The third-order valence-corrected chi connectivity index (χ3v) is 5.77. The van der Waals surface area contributed by atoms with Crippen molar-refractivity contribution in [2.75, 3.05) is 34.4 Å². The molecule has 0 spiro atoms. The molecule has 1 heterocycles. The van der Waals surface area contributed by atoms with Gasteiger partial charge in [0.1, 0.15) is 0 Å². The van der Waals surface area contributed by atoms with Crippen LogP contribution in [0.3, 0.4) is 0 Å². The zero-order valence-corrected chi connectivity index (χ0v) is 16.5. The summed E-state index contributed by atoms with van der Waals surface area (Å²) >= 11 is 0. The van der Waals surface area contributed by atoms with Crippen molar-refractivity contribution >= 4 is 5.96 Å². The zero-order chi connectivity index (χ0) is 18.7. The van der Waals surface area contributed by atoms with Crippen molar-refractivity contribution in [3.05, 3.63) is 23.8 Å². The van der Waals surface area contributed by atoms with Gasteiger partial charge in [0.15, 0.2) is 17.5 Å². The van der Waals surface area contributed by atoms with Crippen LogP contribution in [-0.4, -0.2) is 52.5 Å². The van der Waals surface area contributed by atoms with Gasteiger partial charge in [-0.15, -0.1) is 0 Å². The summed E-state index contributed by atoms with van der Waals surface area (Å²) in [4.78, 5) is 4.39. The second kappa shape index (κ2) is 7.74. The molecule has 1 aromatic rings. The number of nitrogens with one attached hydrogen (secondary N) is 2. The van der Waals surface area contributed by atoms with Crippen LogP contribution in [0.15, 0.2) is 23.2 Å². The normalized spacial score (nSPS) is 26.7. The molecule has 1 aliphatic heterocycles. The average Bonchev–Trinajstić information content (AvgIpc) is 3.11. The number of aliphatic imine (C=N–C) groups is 1. The maximum absolute atomic E-state index is 5.87. The van der Waals surface area contributed by atoms with Crippen molar-refractivity contribution in [2.24, 2.45) is 16.3 Å². The van der Waals surface area contributed by atoms with Crippen molar-refractivity contribution in [2.45, 2.75) is 38.8 Å². The van der Waals surface area contributed by atoms with Crippen LogP contribution in [-0.2, 0) is 11.2 Å². The number of guanidine groups is 1. The van der Waals surface area contributed by atoms with Crippen molar-refractivity contribution < 1.29 is 14.2 Å². The minimum absolute atomic E-state index is 0.141. The zero-order valence-electron chi connectivity index (χ0n) is 16.5. The molecule has 2 N–H and O–H groups in total. The van der Waals surface area contributed by atoms with Gasteiger partial charge in [0.25, 0.3) is 0 Å². The van der Waals surface area contributed by atoms with E-state index >= 15 is 0 Å². The lowest BCUT2D eigenvalue weighted by atomic mass is 9.57. The highest BCUT2D eigenvalue weighted by atomic mass is 16.5. The lowest BCUT2D eigenvalue weighted by Crippen LogP contribution is -2.68. The number of fused-ring (bicyclic) bond motifs is 1.